The van der Waals surface area contributed by atoms with Gasteiger partial charge < -0.3 is 14.8 Å². The second kappa shape index (κ2) is 7.51. The first-order valence-electron chi connectivity index (χ1n) is 6.95. The number of likely N-dealkylation sites (N-methyl/N-ethyl adjacent to an activating group) is 1. The molecule has 1 N–H and O–H groups in total. The van der Waals surface area contributed by atoms with Crippen LogP contribution >= 0.6 is 0 Å². The zero-order chi connectivity index (χ0) is 14.4. The van der Waals surface area contributed by atoms with Gasteiger partial charge in [-0.05, 0) is 25.5 Å². The predicted molar refractivity (Wildman–Crippen MR) is 79.8 cm³/mol. The SMILES string of the molecule is CCNC(c1cc(C)ccc1OC)C(OC)C(C)C. The van der Waals surface area contributed by atoms with Crippen LogP contribution in [0.2, 0.25) is 0 Å². The number of rotatable bonds is 7. The molecular weight excluding hydrogens is 238 g/mol. The van der Waals surface area contributed by atoms with Crippen molar-refractivity contribution in [3.8, 4) is 5.75 Å². The van der Waals surface area contributed by atoms with Crippen molar-refractivity contribution < 1.29 is 9.47 Å². The summed E-state index contributed by atoms with van der Waals surface area (Å²) in [6, 6.07) is 6.43. The van der Waals surface area contributed by atoms with Gasteiger partial charge in [-0.1, -0.05) is 38.5 Å². The van der Waals surface area contributed by atoms with E-state index in [0.29, 0.717) is 5.92 Å². The van der Waals surface area contributed by atoms with Gasteiger partial charge in [-0.15, -0.1) is 0 Å². The Hall–Kier alpha value is -1.06. The normalized spacial score (nSPS) is 14.5. The molecule has 2 unspecified atom stereocenters. The molecule has 0 aliphatic carbocycles. The number of hydrogen-bond acceptors (Lipinski definition) is 3. The summed E-state index contributed by atoms with van der Waals surface area (Å²) in [5, 5.41) is 3.53. The van der Waals surface area contributed by atoms with E-state index in [1.807, 2.05) is 6.07 Å². The number of ether oxygens (including phenoxy) is 2. The highest BCUT2D eigenvalue weighted by atomic mass is 16.5. The molecule has 0 saturated carbocycles. The molecule has 3 nitrogen and oxygen atoms in total. The van der Waals surface area contributed by atoms with Gasteiger partial charge in [0.2, 0.25) is 0 Å². The third-order valence-corrected chi connectivity index (χ3v) is 3.40. The van der Waals surface area contributed by atoms with Crippen molar-refractivity contribution in [2.75, 3.05) is 20.8 Å². The van der Waals surface area contributed by atoms with Crippen LogP contribution < -0.4 is 10.1 Å². The molecule has 0 fully saturated rings. The minimum Gasteiger partial charge on any atom is -0.496 e. The Labute approximate surface area is 117 Å². The van der Waals surface area contributed by atoms with E-state index < -0.39 is 0 Å². The summed E-state index contributed by atoms with van der Waals surface area (Å²) in [5.74, 6) is 1.35. The van der Waals surface area contributed by atoms with Gasteiger partial charge in [0.25, 0.3) is 0 Å². The van der Waals surface area contributed by atoms with Crippen LogP contribution in [0.1, 0.15) is 37.9 Å². The lowest BCUT2D eigenvalue weighted by atomic mass is 9.92. The molecule has 0 aliphatic heterocycles. The van der Waals surface area contributed by atoms with E-state index in [0.717, 1.165) is 12.3 Å². The maximum atomic E-state index is 5.70. The number of nitrogens with one attached hydrogen (secondary N) is 1. The topological polar surface area (TPSA) is 30.5 Å². The van der Waals surface area contributed by atoms with Gasteiger partial charge in [-0.3, -0.25) is 0 Å². The van der Waals surface area contributed by atoms with Gasteiger partial charge in [-0.25, -0.2) is 0 Å². The maximum Gasteiger partial charge on any atom is 0.123 e. The van der Waals surface area contributed by atoms with Crippen LogP contribution in [-0.2, 0) is 4.74 Å². The van der Waals surface area contributed by atoms with E-state index in [2.05, 4.69) is 45.1 Å². The largest absolute Gasteiger partial charge is 0.496 e. The Morgan fingerprint density at radius 1 is 1.21 bits per heavy atom. The summed E-state index contributed by atoms with van der Waals surface area (Å²) in [6.45, 7) is 9.47. The smallest absolute Gasteiger partial charge is 0.123 e. The molecule has 108 valence electrons. The first-order chi connectivity index (χ1) is 9.04. The molecule has 0 radical (unpaired) electrons. The third-order valence-electron chi connectivity index (χ3n) is 3.40. The predicted octanol–water partition coefficient (Wildman–Crippen LogP) is 3.33. The van der Waals surface area contributed by atoms with Crippen molar-refractivity contribution in [2.24, 2.45) is 5.92 Å². The van der Waals surface area contributed by atoms with E-state index in [4.69, 9.17) is 9.47 Å². The fourth-order valence-corrected chi connectivity index (χ4v) is 2.51. The molecule has 0 heterocycles. The number of methoxy groups -OCH3 is 2. The molecule has 0 aliphatic rings. The van der Waals surface area contributed by atoms with Crippen molar-refractivity contribution >= 4 is 0 Å². The lowest BCUT2D eigenvalue weighted by Crippen LogP contribution is -2.36. The fraction of sp³-hybridized carbons (Fsp3) is 0.625. The molecule has 1 aromatic rings. The van der Waals surface area contributed by atoms with Crippen LogP contribution in [0.5, 0.6) is 5.75 Å². The second-order valence-electron chi connectivity index (χ2n) is 5.23. The van der Waals surface area contributed by atoms with Crippen molar-refractivity contribution in [3.05, 3.63) is 29.3 Å². The highest BCUT2D eigenvalue weighted by Gasteiger charge is 2.27. The first-order valence-corrected chi connectivity index (χ1v) is 6.95. The second-order valence-corrected chi connectivity index (χ2v) is 5.23. The van der Waals surface area contributed by atoms with Gasteiger partial charge in [0.1, 0.15) is 5.75 Å². The van der Waals surface area contributed by atoms with Crippen LogP contribution in [0, 0.1) is 12.8 Å². The lowest BCUT2D eigenvalue weighted by molar-refractivity contribution is 0.0324. The van der Waals surface area contributed by atoms with E-state index in [1.165, 1.54) is 11.1 Å². The Morgan fingerprint density at radius 3 is 2.37 bits per heavy atom. The summed E-state index contributed by atoms with van der Waals surface area (Å²) >= 11 is 0. The molecule has 19 heavy (non-hydrogen) atoms. The molecule has 2 atom stereocenters. The van der Waals surface area contributed by atoms with Crippen LogP contribution in [0.25, 0.3) is 0 Å². The molecule has 0 bridgehead atoms. The van der Waals surface area contributed by atoms with Gasteiger partial charge >= 0.3 is 0 Å². The van der Waals surface area contributed by atoms with Crippen LogP contribution in [0.4, 0.5) is 0 Å². The van der Waals surface area contributed by atoms with Crippen LogP contribution in [-0.4, -0.2) is 26.9 Å². The fourth-order valence-electron chi connectivity index (χ4n) is 2.51. The van der Waals surface area contributed by atoms with Gasteiger partial charge in [0.05, 0.1) is 19.3 Å². The molecule has 0 saturated heterocycles. The average Bonchev–Trinajstić information content (AvgIpc) is 2.38. The zero-order valence-electron chi connectivity index (χ0n) is 13.0. The van der Waals surface area contributed by atoms with Crippen LogP contribution in [0.3, 0.4) is 0 Å². The lowest BCUT2D eigenvalue weighted by Gasteiger charge is -2.31. The Balaban J connectivity index is 3.20. The summed E-state index contributed by atoms with van der Waals surface area (Å²) < 4.78 is 11.2. The molecule has 0 amide bonds. The highest BCUT2D eigenvalue weighted by Crippen LogP contribution is 2.32. The van der Waals surface area contributed by atoms with E-state index in [1.54, 1.807) is 14.2 Å². The van der Waals surface area contributed by atoms with Crippen LogP contribution in [0.15, 0.2) is 18.2 Å². The van der Waals surface area contributed by atoms with Crippen molar-refractivity contribution in [1.29, 1.82) is 0 Å². The molecule has 1 aromatic carbocycles. The minimum atomic E-state index is 0.121. The summed E-state index contributed by atoms with van der Waals surface area (Å²) in [6.07, 6.45) is 0.121. The average molecular weight is 265 g/mol. The molecule has 3 heteroatoms. The van der Waals surface area contributed by atoms with Crippen molar-refractivity contribution in [3.63, 3.8) is 0 Å². The van der Waals surface area contributed by atoms with E-state index in [-0.39, 0.29) is 12.1 Å². The Bertz CT molecular complexity index is 390. The number of aryl methyl sites for hydroxylation is 1. The monoisotopic (exact) mass is 265 g/mol. The Kier molecular flexibility index (Phi) is 6.32. The van der Waals surface area contributed by atoms with Gasteiger partial charge in [0, 0.05) is 12.7 Å². The highest BCUT2D eigenvalue weighted by molar-refractivity contribution is 5.39. The van der Waals surface area contributed by atoms with Crippen molar-refractivity contribution in [1.82, 2.24) is 5.32 Å². The van der Waals surface area contributed by atoms with Gasteiger partial charge in [-0.2, -0.15) is 0 Å². The van der Waals surface area contributed by atoms with Crippen molar-refractivity contribution in [2.45, 2.75) is 39.8 Å². The standard InChI is InChI=1S/C16H27NO2/c1-7-17-15(16(19-6)11(2)3)13-10-12(4)8-9-14(13)18-5/h8-11,15-17H,7H2,1-6H3. The van der Waals surface area contributed by atoms with E-state index in [9.17, 15) is 0 Å². The summed E-state index contributed by atoms with van der Waals surface area (Å²) in [7, 11) is 3.49. The zero-order valence-corrected chi connectivity index (χ0v) is 13.0. The summed E-state index contributed by atoms with van der Waals surface area (Å²) in [4.78, 5) is 0. The third kappa shape index (κ3) is 3.95. The molecular formula is C16H27NO2. The molecule has 0 spiro atoms. The number of benzene rings is 1. The number of hydrogen-bond donors (Lipinski definition) is 1. The minimum absolute atomic E-state index is 0.121. The van der Waals surface area contributed by atoms with Gasteiger partial charge in [0.15, 0.2) is 0 Å². The quantitative estimate of drug-likeness (QED) is 0.820. The molecule has 1 rings (SSSR count). The van der Waals surface area contributed by atoms with E-state index >= 15 is 0 Å². The molecule has 0 aromatic heterocycles. The Morgan fingerprint density at radius 2 is 1.89 bits per heavy atom. The first kappa shape index (κ1) is 16.0. The summed E-state index contributed by atoms with van der Waals surface area (Å²) in [5.41, 5.74) is 2.40. The maximum absolute atomic E-state index is 5.70.